The first-order valence-electron chi connectivity index (χ1n) is 8.64. The Kier molecular flexibility index (Phi) is 4.78. The minimum atomic E-state index is -4.02. The molecule has 0 bridgehead atoms. The number of hydrogen-bond acceptors (Lipinski definition) is 6. The second-order valence-electron chi connectivity index (χ2n) is 7.74. The van der Waals surface area contributed by atoms with Crippen molar-refractivity contribution >= 4 is 33.0 Å². The first kappa shape index (κ1) is 20.0. The summed E-state index contributed by atoms with van der Waals surface area (Å²) in [6.07, 6.45) is 0. The summed E-state index contributed by atoms with van der Waals surface area (Å²) in [6.45, 7) is 0.725. The molecule has 8 nitrogen and oxygen atoms in total. The molecule has 0 saturated carbocycles. The summed E-state index contributed by atoms with van der Waals surface area (Å²) in [5, 5.41) is 0. The lowest BCUT2D eigenvalue weighted by Gasteiger charge is -2.24. The number of hydrogen-bond donors (Lipinski definition) is 3. The predicted octanol–water partition coefficient (Wildman–Crippen LogP) is 0.611. The first-order chi connectivity index (χ1) is 12.9. The molecule has 0 radical (unpaired) electrons. The van der Waals surface area contributed by atoms with E-state index in [0.717, 1.165) is 6.07 Å². The highest BCUT2D eigenvalue weighted by atomic mass is 32.2. The third-order valence-electron chi connectivity index (χ3n) is 4.59. The van der Waals surface area contributed by atoms with E-state index in [9.17, 15) is 18.0 Å². The van der Waals surface area contributed by atoms with E-state index in [2.05, 4.69) is 4.72 Å². The summed E-state index contributed by atoms with van der Waals surface area (Å²) >= 11 is 0. The average Bonchev–Trinajstić information content (AvgIpc) is 2.59. The van der Waals surface area contributed by atoms with Crippen LogP contribution < -0.4 is 16.2 Å². The molecule has 0 amide bonds. The number of nitrogen functional groups attached to an aromatic ring is 2. The molecule has 148 valence electrons. The van der Waals surface area contributed by atoms with Gasteiger partial charge in [-0.2, -0.15) is 0 Å². The fourth-order valence-corrected chi connectivity index (χ4v) is 4.33. The molecule has 9 heteroatoms. The van der Waals surface area contributed by atoms with E-state index < -0.39 is 21.6 Å². The zero-order valence-electron chi connectivity index (χ0n) is 15.9. The van der Waals surface area contributed by atoms with Gasteiger partial charge in [-0.1, -0.05) is 24.3 Å². The number of nitrogens with one attached hydrogen (secondary N) is 1. The number of sulfonamides is 1. The minimum absolute atomic E-state index is 0.0495. The van der Waals surface area contributed by atoms with E-state index in [4.69, 9.17) is 11.5 Å². The molecule has 1 aliphatic rings. The SMILES string of the molecule is C[N+](C)(C)CCNS(=O)(=O)c1cc(N)c2c(c1N)C(=O)c1ccccc1C2=O. The Morgan fingerprint density at radius 1 is 0.964 bits per heavy atom. The monoisotopic (exact) mass is 403 g/mol. The summed E-state index contributed by atoms with van der Waals surface area (Å²) < 4.78 is 28.6. The highest BCUT2D eigenvalue weighted by molar-refractivity contribution is 7.89. The summed E-state index contributed by atoms with van der Waals surface area (Å²) in [4.78, 5) is 25.5. The van der Waals surface area contributed by atoms with Crippen LogP contribution in [0.1, 0.15) is 31.8 Å². The Balaban J connectivity index is 2.10. The number of carbonyl (C=O) groups is 2. The van der Waals surface area contributed by atoms with E-state index in [1.807, 2.05) is 21.1 Å². The second-order valence-corrected chi connectivity index (χ2v) is 9.48. The maximum absolute atomic E-state index is 12.9. The number of nitrogens with zero attached hydrogens (tertiary/aromatic N) is 1. The quantitative estimate of drug-likeness (QED) is 0.422. The van der Waals surface area contributed by atoms with Gasteiger partial charge in [-0.05, 0) is 6.07 Å². The van der Waals surface area contributed by atoms with Crippen molar-refractivity contribution in [3.8, 4) is 0 Å². The van der Waals surface area contributed by atoms with Crippen LogP contribution >= 0.6 is 0 Å². The molecule has 0 atom stereocenters. The molecule has 3 rings (SSSR count). The topological polar surface area (TPSA) is 132 Å². The molecule has 2 aromatic carbocycles. The largest absolute Gasteiger partial charge is 0.398 e. The van der Waals surface area contributed by atoms with Crippen LogP contribution in [0.2, 0.25) is 0 Å². The number of carbonyl (C=O) groups excluding carboxylic acids is 2. The highest BCUT2D eigenvalue weighted by Gasteiger charge is 2.36. The number of nitrogens with two attached hydrogens (primary N) is 2. The number of rotatable bonds is 5. The zero-order chi connectivity index (χ0) is 20.9. The Hall–Kier alpha value is -2.75. The van der Waals surface area contributed by atoms with Crippen molar-refractivity contribution < 1.29 is 22.5 Å². The van der Waals surface area contributed by atoms with Gasteiger partial charge >= 0.3 is 0 Å². The van der Waals surface area contributed by atoms with E-state index >= 15 is 0 Å². The molecule has 0 fully saturated rings. The summed E-state index contributed by atoms with van der Waals surface area (Å²) in [7, 11) is 1.78. The Labute approximate surface area is 163 Å². The molecule has 0 unspecified atom stereocenters. The van der Waals surface area contributed by atoms with Gasteiger partial charge in [-0.3, -0.25) is 9.59 Å². The molecule has 0 saturated heterocycles. The van der Waals surface area contributed by atoms with Crippen LogP contribution in [0.15, 0.2) is 35.2 Å². The van der Waals surface area contributed by atoms with Crippen molar-refractivity contribution in [2.45, 2.75) is 4.90 Å². The van der Waals surface area contributed by atoms with Crippen LogP contribution in [-0.4, -0.2) is 58.7 Å². The molecular weight excluding hydrogens is 380 g/mol. The summed E-state index contributed by atoms with van der Waals surface area (Å²) in [5.74, 6) is -0.964. The zero-order valence-corrected chi connectivity index (χ0v) is 16.8. The molecule has 1 aliphatic carbocycles. The number of likely N-dealkylation sites (N-methyl/N-ethyl adjacent to an activating group) is 1. The van der Waals surface area contributed by atoms with Crippen LogP contribution in [-0.2, 0) is 10.0 Å². The Bertz CT molecular complexity index is 1100. The smallest absolute Gasteiger partial charge is 0.242 e. The average molecular weight is 403 g/mol. The second kappa shape index (κ2) is 6.69. The fraction of sp³-hybridized carbons (Fsp3) is 0.263. The molecule has 2 aromatic rings. The van der Waals surface area contributed by atoms with Crippen molar-refractivity contribution in [1.82, 2.24) is 4.72 Å². The van der Waals surface area contributed by atoms with Crippen LogP contribution in [0.4, 0.5) is 11.4 Å². The Morgan fingerprint density at radius 2 is 1.50 bits per heavy atom. The predicted molar refractivity (Wildman–Crippen MR) is 107 cm³/mol. The lowest BCUT2D eigenvalue weighted by molar-refractivity contribution is -0.869. The van der Waals surface area contributed by atoms with Crippen LogP contribution in [0.3, 0.4) is 0 Å². The molecule has 5 N–H and O–H groups in total. The van der Waals surface area contributed by atoms with Gasteiger partial charge in [0.25, 0.3) is 0 Å². The fourth-order valence-electron chi connectivity index (χ4n) is 3.14. The van der Waals surface area contributed by atoms with Gasteiger partial charge in [0.05, 0.1) is 51.0 Å². The van der Waals surface area contributed by atoms with Gasteiger partial charge in [0, 0.05) is 16.8 Å². The molecule has 0 aromatic heterocycles. The van der Waals surface area contributed by atoms with Crippen LogP contribution in [0, 0.1) is 0 Å². The van der Waals surface area contributed by atoms with E-state index in [1.165, 1.54) is 12.1 Å². The van der Waals surface area contributed by atoms with Gasteiger partial charge in [0.1, 0.15) is 4.90 Å². The third kappa shape index (κ3) is 3.39. The van der Waals surface area contributed by atoms with Gasteiger partial charge in [0.15, 0.2) is 11.6 Å². The summed E-state index contributed by atoms with van der Waals surface area (Å²) in [6, 6.07) is 7.45. The molecule has 0 aliphatic heterocycles. The standard InChI is InChI=1S/C19H22N4O4S/c1-23(2,3)9-8-22-28(26,27)14-10-13(20)15-16(17(14)21)19(25)12-7-5-4-6-11(12)18(15)24/h4-7,10,22H,8-9H2,1-3H3,(H3-,20,21,24,25)/p+1. The van der Waals surface area contributed by atoms with Gasteiger partial charge in [0.2, 0.25) is 10.0 Å². The van der Waals surface area contributed by atoms with Crippen molar-refractivity contribution in [2.75, 3.05) is 45.7 Å². The van der Waals surface area contributed by atoms with E-state index in [-0.39, 0.29) is 45.1 Å². The molecule has 0 spiro atoms. The van der Waals surface area contributed by atoms with Crippen molar-refractivity contribution in [1.29, 1.82) is 0 Å². The van der Waals surface area contributed by atoms with Crippen LogP contribution in [0.25, 0.3) is 0 Å². The number of ketones is 2. The van der Waals surface area contributed by atoms with Gasteiger partial charge < -0.3 is 16.0 Å². The lowest BCUT2D eigenvalue weighted by atomic mass is 9.82. The van der Waals surface area contributed by atoms with Crippen molar-refractivity contribution in [2.24, 2.45) is 0 Å². The van der Waals surface area contributed by atoms with E-state index in [0.29, 0.717) is 11.0 Å². The maximum Gasteiger partial charge on any atom is 0.242 e. The third-order valence-corrected chi connectivity index (χ3v) is 6.10. The minimum Gasteiger partial charge on any atom is -0.398 e. The number of benzene rings is 2. The first-order valence-corrected chi connectivity index (χ1v) is 10.1. The molecule has 28 heavy (non-hydrogen) atoms. The van der Waals surface area contributed by atoms with Gasteiger partial charge in [-0.25, -0.2) is 13.1 Å². The number of fused-ring (bicyclic) bond motifs is 2. The maximum atomic E-state index is 12.9. The molecule has 0 heterocycles. The molecular formula is C19H23N4O4S+. The van der Waals surface area contributed by atoms with E-state index in [1.54, 1.807) is 12.1 Å². The Morgan fingerprint density at radius 3 is 2.04 bits per heavy atom. The number of quaternary nitrogens is 1. The number of anilines is 2. The lowest BCUT2D eigenvalue weighted by Crippen LogP contribution is -2.42. The van der Waals surface area contributed by atoms with Gasteiger partial charge in [-0.15, -0.1) is 0 Å². The van der Waals surface area contributed by atoms with Crippen molar-refractivity contribution in [3.05, 3.63) is 52.6 Å². The summed E-state index contributed by atoms with van der Waals surface area (Å²) in [5.41, 5.74) is 11.9. The normalized spacial score (nSPS) is 14.0. The highest BCUT2D eigenvalue weighted by Crippen LogP contribution is 2.37. The van der Waals surface area contributed by atoms with Crippen LogP contribution in [0.5, 0.6) is 0 Å². The van der Waals surface area contributed by atoms with Crippen molar-refractivity contribution in [3.63, 3.8) is 0 Å².